The van der Waals surface area contributed by atoms with E-state index in [1.165, 1.54) is 0 Å². The first-order valence-corrected chi connectivity index (χ1v) is 24.5. The molecule has 0 saturated carbocycles. The van der Waals surface area contributed by atoms with Gasteiger partial charge in [0.15, 0.2) is 0 Å². The van der Waals surface area contributed by atoms with Crippen LogP contribution >= 0.6 is 0 Å². The second-order valence-electron chi connectivity index (χ2n) is 19.1. The lowest BCUT2D eigenvalue weighted by Crippen LogP contribution is -2.43. The molecule has 0 bridgehead atoms. The second-order valence-corrected chi connectivity index (χ2v) is 24.7. The Bertz CT molecular complexity index is 2210. The Morgan fingerprint density at radius 3 is 2.03 bits per heavy atom. The first kappa shape index (κ1) is 41.4. The van der Waals surface area contributed by atoms with Crippen LogP contribution in [0.4, 0.5) is 9.59 Å². The lowest BCUT2D eigenvalue weighted by molar-refractivity contribution is 0.0203. The minimum atomic E-state index is -1.29. The summed E-state index contributed by atoms with van der Waals surface area (Å²) in [7, 11) is -1.29. The van der Waals surface area contributed by atoms with E-state index in [0.29, 0.717) is 26.4 Å². The Morgan fingerprint density at radius 2 is 1.38 bits per heavy atom. The maximum atomic E-state index is 13.3. The molecule has 0 N–H and O–H groups in total. The molecule has 2 fully saturated rings. The number of hydrogen-bond donors (Lipinski definition) is 0. The summed E-state index contributed by atoms with van der Waals surface area (Å²) in [5.74, 6) is 0.796. The van der Waals surface area contributed by atoms with Gasteiger partial charge in [-0.05, 0) is 113 Å². The highest BCUT2D eigenvalue weighted by Crippen LogP contribution is 2.36. The number of fused-ring (bicyclic) bond motifs is 1. The summed E-state index contributed by atoms with van der Waals surface area (Å²) in [5.41, 5.74) is 6.09. The molecule has 58 heavy (non-hydrogen) atoms. The standard InChI is InChI=1S/C46H60N6O5Si/c1-45(2,3)56-43(53)50-20-10-12-39(50)37-26-36(28-47-37)32-16-14-31(15-17-32)33-18-19-34-25-38(48-27-35(34)24-33)41-29-49-42(52(41)30-55-22-23-58(7,8)9)40-13-11-21-51(40)44(54)57-46(4,5)6/h14-19,24-25,27-29,39-40H,10-13,20-23,26,30H2,1-9H3/t39-,40-/m0/s1. The molecule has 0 spiro atoms. The summed E-state index contributed by atoms with van der Waals surface area (Å²) in [5, 5.41) is 2.11. The third kappa shape index (κ3) is 9.72. The zero-order chi connectivity index (χ0) is 41.4. The molecular weight excluding hydrogens is 745 g/mol. The van der Waals surface area contributed by atoms with Gasteiger partial charge >= 0.3 is 12.2 Å². The molecule has 0 radical (unpaired) electrons. The van der Waals surface area contributed by atoms with Crippen LogP contribution in [0.15, 0.2) is 72.1 Å². The maximum absolute atomic E-state index is 13.3. The molecule has 2 aromatic heterocycles. The van der Waals surface area contributed by atoms with Gasteiger partial charge in [-0.1, -0.05) is 56.0 Å². The Hall–Kier alpha value is -4.81. The number of aromatic nitrogens is 3. The lowest BCUT2D eigenvalue weighted by atomic mass is 9.96. The molecule has 2 aromatic carbocycles. The molecule has 12 heteroatoms. The molecular formula is C46H60N6O5Si. The summed E-state index contributed by atoms with van der Waals surface area (Å²) in [6, 6.07) is 18.1. The molecule has 2 saturated heterocycles. The number of pyridine rings is 1. The van der Waals surface area contributed by atoms with Crippen molar-refractivity contribution >= 4 is 42.3 Å². The minimum absolute atomic E-state index is 0.0212. The number of likely N-dealkylation sites (tertiary alicyclic amines) is 2. The number of amides is 2. The van der Waals surface area contributed by atoms with Crippen molar-refractivity contribution in [1.82, 2.24) is 24.3 Å². The Kier molecular flexibility index (Phi) is 11.7. The monoisotopic (exact) mass is 804 g/mol. The van der Waals surface area contributed by atoms with E-state index in [2.05, 4.69) is 72.7 Å². The number of imidazole rings is 1. The highest BCUT2D eigenvalue weighted by Gasteiger charge is 2.38. The van der Waals surface area contributed by atoms with Crippen molar-refractivity contribution in [2.45, 2.75) is 129 Å². The van der Waals surface area contributed by atoms with E-state index in [1.807, 2.05) is 69.9 Å². The zero-order valence-electron chi connectivity index (χ0n) is 35.8. The molecule has 3 aliphatic rings. The van der Waals surface area contributed by atoms with Crippen molar-refractivity contribution < 1.29 is 23.8 Å². The number of aliphatic imine (C=N–C) groups is 1. The molecule has 308 valence electrons. The molecule has 2 atom stereocenters. The predicted molar refractivity (Wildman–Crippen MR) is 233 cm³/mol. The largest absolute Gasteiger partial charge is 0.444 e. The smallest absolute Gasteiger partial charge is 0.410 e. The molecule has 3 aliphatic heterocycles. The van der Waals surface area contributed by atoms with Crippen molar-refractivity contribution in [3.05, 3.63) is 78.5 Å². The number of hydrogen-bond acceptors (Lipinski definition) is 8. The van der Waals surface area contributed by atoms with E-state index in [1.54, 1.807) is 0 Å². The number of benzene rings is 2. The minimum Gasteiger partial charge on any atom is -0.444 e. The summed E-state index contributed by atoms with van der Waals surface area (Å²) in [6.07, 6.45) is 9.44. The zero-order valence-corrected chi connectivity index (χ0v) is 36.8. The molecule has 11 nitrogen and oxygen atoms in total. The number of ether oxygens (including phenoxy) is 3. The van der Waals surface area contributed by atoms with E-state index in [9.17, 15) is 9.59 Å². The molecule has 7 rings (SSSR count). The normalized spacial score (nSPS) is 18.8. The van der Waals surface area contributed by atoms with Crippen LogP contribution in [0.5, 0.6) is 0 Å². The van der Waals surface area contributed by atoms with E-state index < -0.39 is 19.3 Å². The predicted octanol–water partition coefficient (Wildman–Crippen LogP) is 10.7. The highest BCUT2D eigenvalue weighted by molar-refractivity contribution is 6.76. The lowest BCUT2D eigenvalue weighted by Gasteiger charge is -2.29. The fourth-order valence-corrected chi connectivity index (χ4v) is 8.68. The maximum Gasteiger partial charge on any atom is 0.410 e. The molecule has 2 amide bonds. The van der Waals surface area contributed by atoms with Gasteiger partial charge in [0.1, 0.15) is 23.8 Å². The molecule has 4 aromatic rings. The second kappa shape index (κ2) is 16.4. The Morgan fingerprint density at radius 1 is 0.759 bits per heavy atom. The number of carbonyl (C=O) groups is 2. The Labute approximate surface area is 344 Å². The van der Waals surface area contributed by atoms with Crippen LogP contribution in [0, 0.1) is 0 Å². The van der Waals surface area contributed by atoms with Crippen molar-refractivity contribution in [2.24, 2.45) is 4.99 Å². The third-order valence-corrected chi connectivity index (χ3v) is 12.6. The average Bonchev–Trinajstić information content (AvgIpc) is 3.98. The fourth-order valence-electron chi connectivity index (χ4n) is 7.92. The van der Waals surface area contributed by atoms with Gasteiger partial charge in [0.05, 0.1) is 29.7 Å². The molecule has 0 aliphatic carbocycles. The summed E-state index contributed by atoms with van der Waals surface area (Å²) in [6.45, 7) is 20.8. The molecule has 0 unspecified atom stereocenters. The number of nitrogens with zero attached hydrogens (tertiary/aromatic N) is 6. The average molecular weight is 805 g/mol. The number of allylic oxidation sites excluding steroid dienone is 1. The topological polar surface area (TPSA) is 111 Å². The molecule has 5 heterocycles. The quantitative estimate of drug-likeness (QED) is 0.116. The van der Waals surface area contributed by atoms with E-state index in [-0.39, 0.29) is 24.3 Å². The first-order chi connectivity index (χ1) is 27.4. The van der Waals surface area contributed by atoms with E-state index >= 15 is 0 Å². The van der Waals surface area contributed by atoms with E-state index in [0.717, 1.165) is 94.1 Å². The van der Waals surface area contributed by atoms with Gasteiger partial charge in [-0.3, -0.25) is 19.8 Å². The van der Waals surface area contributed by atoms with Crippen molar-refractivity contribution in [3.8, 4) is 22.5 Å². The van der Waals surface area contributed by atoms with Gasteiger partial charge in [0, 0.05) is 57.7 Å². The van der Waals surface area contributed by atoms with Crippen LogP contribution < -0.4 is 0 Å². The van der Waals surface area contributed by atoms with Gasteiger partial charge in [0.25, 0.3) is 0 Å². The van der Waals surface area contributed by atoms with Gasteiger partial charge in [0.2, 0.25) is 0 Å². The first-order valence-electron chi connectivity index (χ1n) is 20.8. The van der Waals surface area contributed by atoms with Crippen molar-refractivity contribution in [1.29, 1.82) is 0 Å². The summed E-state index contributed by atoms with van der Waals surface area (Å²) < 4.78 is 19.9. The SMILES string of the molecule is CC(C)(C)OC(=O)N1CCC[C@H]1C1=NC=C(c2ccc(-c3ccc4cc(-c5cnc([C@@H]6CCCN6C(=O)OC(C)(C)C)n5COCC[Si](C)(C)C)ncc4c3)cc2)C1. The van der Waals surface area contributed by atoms with E-state index in [4.69, 9.17) is 29.2 Å². The van der Waals surface area contributed by atoms with Crippen molar-refractivity contribution in [2.75, 3.05) is 19.7 Å². The fraction of sp³-hybridized carbons (Fsp3) is 0.500. The number of rotatable bonds is 10. The van der Waals surface area contributed by atoms with Crippen LogP contribution in [0.2, 0.25) is 25.7 Å². The summed E-state index contributed by atoms with van der Waals surface area (Å²) >= 11 is 0. The van der Waals surface area contributed by atoms with Crippen LogP contribution in [-0.4, -0.2) is 87.2 Å². The van der Waals surface area contributed by atoms with Gasteiger partial charge < -0.3 is 18.8 Å². The van der Waals surface area contributed by atoms with Gasteiger partial charge in [-0.25, -0.2) is 14.6 Å². The summed E-state index contributed by atoms with van der Waals surface area (Å²) in [4.78, 5) is 44.5. The number of carbonyl (C=O) groups excluding carboxylic acids is 2. The van der Waals surface area contributed by atoms with Gasteiger partial charge in [-0.2, -0.15) is 0 Å². The third-order valence-electron chi connectivity index (χ3n) is 10.9. The van der Waals surface area contributed by atoms with Gasteiger partial charge in [-0.15, -0.1) is 0 Å². The Balaban J connectivity index is 1.07. The highest BCUT2D eigenvalue weighted by atomic mass is 28.3. The van der Waals surface area contributed by atoms with Crippen LogP contribution in [-0.2, 0) is 20.9 Å². The van der Waals surface area contributed by atoms with Crippen LogP contribution in [0.3, 0.4) is 0 Å². The van der Waals surface area contributed by atoms with Crippen LogP contribution in [0.25, 0.3) is 38.9 Å². The van der Waals surface area contributed by atoms with Crippen molar-refractivity contribution in [3.63, 3.8) is 0 Å². The van der Waals surface area contributed by atoms with Crippen LogP contribution in [0.1, 0.15) is 91.1 Å².